The van der Waals surface area contributed by atoms with Crippen LogP contribution in [0.4, 0.5) is 0 Å². The summed E-state index contributed by atoms with van der Waals surface area (Å²) in [6, 6.07) is 10.9. The van der Waals surface area contributed by atoms with Gasteiger partial charge in [-0.3, -0.25) is 20.4 Å². The third-order valence-electron chi connectivity index (χ3n) is 4.18. The van der Waals surface area contributed by atoms with Gasteiger partial charge in [0.15, 0.2) is 11.5 Å². The number of aryl methyl sites for hydroxylation is 1. The van der Waals surface area contributed by atoms with Gasteiger partial charge in [-0.25, -0.2) is 13.1 Å². The number of nitrogens with one attached hydrogen (secondary N) is 3. The first-order valence-electron chi connectivity index (χ1n) is 9.23. The predicted octanol–water partition coefficient (Wildman–Crippen LogP) is 1.40. The summed E-state index contributed by atoms with van der Waals surface area (Å²) in [5.41, 5.74) is 5.81. The quantitative estimate of drug-likeness (QED) is 0.512. The van der Waals surface area contributed by atoms with Crippen molar-refractivity contribution in [3.8, 4) is 11.5 Å². The molecule has 0 radical (unpaired) electrons. The minimum atomic E-state index is -3.50. The molecule has 0 aliphatic carbocycles. The standard InChI is InChI=1S/C20H25N3O6S/c1-4-29-17-11-8-15(13-18(17)28-3)20(25)23-22-19(24)12-7-14-5-9-16(10-6-14)30(26,27)21-2/h5-6,8-11,13,21H,4,7,12H2,1-3H3,(H,22,24)(H,23,25). The molecule has 0 spiro atoms. The normalized spacial score (nSPS) is 10.9. The first-order chi connectivity index (χ1) is 14.3. The van der Waals surface area contributed by atoms with Gasteiger partial charge in [-0.15, -0.1) is 0 Å². The maximum atomic E-state index is 12.2. The van der Waals surface area contributed by atoms with Crippen LogP contribution in [0.2, 0.25) is 0 Å². The van der Waals surface area contributed by atoms with Crippen molar-refractivity contribution < 1.29 is 27.5 Å². The second kappa shape index (κ2) is 10.6. The first kappa shape index (κ1) is 23.2. The van der Waals surface area contributed by atoms with Gasteiger partial charge in [0.05, 0.1) is 18.6 Å². The number of ether oxygens (including phenoxy) is 2. The molecule has 10 heteroatoms. The van der Waals surface area contributed by atoms with E-state index < -0.39 is 15.9 Å². The zero-order valence-corrected chi connectivity index (χ0v) is 17.8. The molecule has 0 heterocycles. The lowest BCUT2D eigenvalue weighted by Crippen LogP contribution is -2.41. The fraction of sp³-hybridized carbons (Fsp3) is 0.300. The van der Waals surface area contributed by atoms with Gasteiger partial charge in [-0.2, -0.15) is 0 Å². The molecule has 0 saturated carbocycles. The van der Waals surface area contributed by atoms with Crippen LogP contribution < -0.4 is 25.0 Å². The van der Waals surface area contributed by atoms with E-state index in [1.165, 1.54) is 32.4 Å². The molecular formula is C20H25N3O6S. The molecule has 30 heavy (non-hydrogen) atoms. The van der Waals surface area contributed by atoms with Gasteiger partial charge in [-0.05, 0) is 56.3 Å². The largest absolute Gasteiger partial charge is 0.493 e. The van der Waals surface area contributed by atoms with E-state index in [4.69, 9.17) is 9.47 Å². The SMILES string of the molecule is CCOc1ccc(C(=O)NNC(=O)CCc2ccc(S(=O)(=O)NC)cc2)cc1OC. The Kier molecular flexibility index (Phi) is 8.19. The zero-order valence-electron chi connectivity index (χ0n) is 17.0. The number of carbonyl (C=O) groups is 2. The summed E-state index contributed by atoms with van der Waals surface area (Å²) in [5, 5.41) is 0. The summed E-state index contributed by atoms with van der Waals surface area (Å²) in [4.78, 5) is 24.4. The summed E-state index contributed by atoms with van der Waals surface area (Å²) in [6.45, 7) is 2.31. The number of sulfonamides is 1. The molecule has 0 aliphatic heterocycles. The van der Waals surface area contributed by atoms with E-state index >= 15 is 0 Å². The second-order valence-corrected chi connectivity index (χ2v) is 8.04. The van der Waals surface area contributed by atoms with Crippen molar-refractivity contribution in [1.29, 1.82) is 0 Å². The van der Waals surface area contributed by atoms with E-state index in [0.29, 0.717) is 30.1 Å². The Morgan fingerprint density at radius 1 is 1.00 bits per heavy atom. The van der Waals surface area contributed by atoms with Crippen LogP contribution in [0.5, 0.6) is 11.5 Å². The average Bonchev–Trinajstić information content (AvgIpc) is 2.76. The molecule has 0 fully saturated rings. The van der Waals surface area contributed by atoms with Crippen LogP contribution in [-0.2, 0) is 21.2 Å². The molecular weight excluding hydrogens is 410 g/mol. The summed E-state index contributed by atoms with van der Waals surface area (Å²) in [6.07, 6.45) is 0.503. The lowest BCUT2D eigenvalue weighted by Gasteiger charge is -2.11. The van der Waals surface area contributed by atoms with Crippen LogP contribution in [0.1, 0.15) is 29.3 Å². The third-order valence-corrected chi connectivity index (χ3v) is 5.61. The van der Waals surface area contributed by atoms with Gasteiger partial charge in [0.25, 0.3) is 5.91 Å². The van der Waals surface area contributed by atoms with Gasteiger partial charge in [0.1, 0.15) is 0 Å². The Morgan fingerprint density at radius 2 is 1.70 bits per heavy atom. The molecule has 3 N–H and O–H groups in total. The molecule has 0 saturated heterocycles. The fourth-order valence-corrected chi connectivity index (χ4v) is 3.29. The number of methoxy groups -OCH3 is 1. The number of rotatable bonds is 9. The Balaban J connectivity index is 1.86. The molecule has 9 nitrogen and oxygen atoms in total. The highest BCUT2D eigenvalue weighted by Crippen LogP contribution is 2.27. The lowest BCUT2D eigenvalue weighted by molar-refractivity contribution is -0.121. The van der Waals surface area contributed by atoms with Crippen molar-refractivity contribution >= 4 is 21.8 Å². The Labute approximate surface area is 175 Å². The highest BCUT2D eigenvalue weighted by atomic mass is 32.2. The molecule has 2 amide bonds. The molecule has 0 aliphatic rings. The number of hydrogen-bond acceptors (Lipinski definition) is 6. The van der Waals surface area contributed by atoms with Crippen molar-refractivity contribution in [3.05, 3.63) is 53.6 Å². The van der Waals surface area contributed by atoms with E-state index in [-0.39, 0.29) is 17.2 Å². The van der Waals surface area contributed by atoms with Gasteiger partial charge >= 0.3 is 0 Å². The average molecular weight is 436 g/mol. The highest BCUT2D eigenvalue weighted by molar-refractivity contribution is 7.89. The van der Waals surface area contributed by atoms with Crippen LogP contribution >= 0.6 is 0 Å². The summed E-state index contributed by atoms with van der Waals surface area (Å²) in [7, 11) is -0.683. The van der Waals surface area contributed by atoms with Crippen LogP contribution in [0.3, 0.4) is 0 Å². The zero-order chi connectivity index (χ0) is 22.1. The molecule has 2 aromatic rings. The molecule has 0 bridgehead atoms. The minimum absolute atomic E-state index is 0.116. The fourth-order valence-electron chi connectivity index (χ4n) is 2.56. The van der Waals surface area contributed by atoms with Crippen molar-refractivity contribution in [2.24, 2.45) is 0 Å². The van der Waals surface area contributed by atoms with Crippen molar-refractivity contribution in [2.75, 3.05) is 20.8 Å². The van der Waals surface area contributed by atoms with Crippen LogP contribution in [0.15, 0.2) is 47.4 Å². The van der Waals surface area contributed by atoms with Gasteiger partial charge in [-0.1, -0.05) is 12.1 Å². The van der Waals surface area contributed by atoms with Gasteiger partial charge in [0.2, 0.25) is 15.9 Å². The van der Waals surface area contributed by atoms with E-state index in [1.54, 1.807) is 24.3 Å². The number of benzene rings is 2. The topological polar surface area (TPSA) is 123 Å². The first-order valence-corrected chi connectivity index (χ1v) is 10.7. The minimum Gasteiger partial charge on any atom is -0.493 e. The number of carbonyl (C=O) groups excluding carboxylic acids is 2. The molecule has 162 valence electrons. The summed E-state index contributed by atoms with van der Waals surface area (Å²) in [5.74, 6) is 0.0631. The van der Waals surface area contributed by atoms with Crippen LogP contribution in [0, 0.1) is 0 Å². The van der Waals surface area contributed by atoms with Gasteiger partial charge < -0.3 is 9.47 Å². The number of amides is 2. The molecule has 0 atom stereocenters. The summed E-state index contributed by atoms with van der Waals surface area (Å²) >= 11 is 0. The number of hydrazine groups is 1. The van der Waals surface area contributed by atoms with Crippen molar-refractivity contribution in [2.45, 2.75) is 24.7 Å². The Hall–Kier alpha value is -3.11. The van der Waals surface area contributed by atoms with Crippen LogP contribution in [0.25, 0.3) is 0 Å². The van der Waals surface area contributed by atoms with E-state index in [2.05, 4.69) is 15.6 Å². The molecule has 0 aromatic heterocycles. The van der Waals surface area contributed by atoms with Crippen LogP contribution in [-0.4, -0.2) is 41.0 Å². The second-order valence-electron chi connectivity index (χ2n) is 6.15. The lowest BCUT2D eigenvalue weighted by atomic mass is 10.1. The maximum Gasteiger partial charge on any atom is 0.269 e. The van der Waals surface area contributed by atoms with Crippen molar-refractivity contribution in [1.82, 2.24) is 15.6 Å². The van der Waals surface area contributed by atoms with E-state index in [0.717, 1.165) is 5.56 Å². The third kappa shape index (κ3) is 6.19. The summed E-state index contributed by atoms with van der Waals surface area (Å²) < 4.78 is 36.3. The highest BCUT2D eigenvalue weighted by Gasteiger charge is 2.13. The Bertz CT molecular complexity index is 990. The monoisotopic (exact) mass is 435 g/mol. The van der Waals surface area contributed by atoms with E-state index in [9.17, 15) is 18.0 Å². The smallest absolute Gasteiger partial charge is 0.269 e. The number of hydrogen-bond donors (Lipinski definition) is 3. The maximum absolute atomic E-state index is 12.2. The van der Waals surface area contributed by atoms with Crippen molar-refractivity contribution in [3.63, 3.8) is 0 Å². The molecule has 2 rings (SSSR count). The van der Waals surface area contributed by atoms with Gasteiger partial charge in [0, 0.05) is 12.0 Å². The molecule has 2 aromatic carbocycles. The predicted molar refractivity (Wildman–Crippen MR) is 111 cm³/mol. The molecule has 0 unspecified atom stereocenters. The Morgan fingerprint density at radius 3 is 2.30 bits per heavy atom. The van der Waals surface area contributed by atoms with E-state index in [1.807, 2.05) is 6.92 Å².